The Bertz CT molecular complexity index is 749. The lowest BCUT2D eigenvalue weighted by Gasteiger charge is -2.02. The third-order valence-electron chi connectivity index (χ3n) is 3.37. The van der Waals surface area contributed by atoms with Crippen molar-refractivity contribution in [3.8, 4) is 10.6 Å². The van der Waals surface area contributed by atoms with Gasteiger partial charge in [-0.15, -0.1) is 11.3 Å². The van der Waals surface area contributed by atoms with Crippen LogP contribution >= 0.6 is 11.3 Å². The summed E-state index contributed by atoms with van der Waals surface area (Å²) in [5, 5.41) is 4.46. The minimum Gasteiger partial charge on any atom is -0.306 e. The molecule has 4 nitrogen and oxygen atoms in total. The van der Waals surface area contributed by atoms with E-state index in [-0.39, 0.29) is 0 Å². The number of nitrogens with one attached hydrogen (secondary N) is 1. The van der Waals surface area contributed by atoms with Crippen LogP contribution in [0.25, 0.3) is 10.6 Å². The van der Waals surface area contributed by atoms with Gasteiger partial charge in [0.15, 0.2) is 0 Å². The zero-order valence-corrected chi connectivity index (χ0v) is 13.5. The lowest BCUT2D eigenvalue weighted by molar-refractivity contribution is 0.681. The molecule has 3 rings (SSSR count). The molecule has 22 heavy (non-hydrogen) atoms. The van der Waals surface area contributed by atoms with E-state index in [1.165, 1.54) is 16.0 Å². The van der Waals surface area contributed by atoms with Gasteiger partial charge >= 0.3 is 0 Å². The number of hydrogen-bond acceptors (Lipinski definition) is 5. The number of aryl methyl sites for hydroxylation is 2. The van der Waals surface area contributed by atoms with Crippen molar-refractivity contribution in [3.05, 3.63) is 64.7 Å². The quantitative estimate of drug-likeness (QED) is 0.783. The average Bonchev–Trinajstić information content (AvgIpc) is 2.98. The predicted molar refractivity (Wildman–Crippen MR) is 89.6 cm³/mol. The lowest BCUT2D eigenvalue weighted by Crippen LogP contribution is -2.13. The fourth-order valence-electron chi connectivity index (χ4n) is 2.15. The van der Waals surface area contributed by atoms with Gasteiger partial charge in [0.05, 0.1) is 11.4 Å². The Labute approximate surface area is 134 Å². The van der Waals surface area contributed by atoms with E-state index in [0.29, 0.717) is 6.54 Å². The third kappa shape index (κ3) is 3.55. The van der Waals surface area contributed by atoms with Crippen molar-refractivity contribution in [1.29, 1.82) is 0 Å². The normalized spacial score (nSPS) is 10.8. The molecule has 0 saturated heterocycles. The van der Waals surface area contributed by atoms with Gasteiger partial charge in [0.2, 0.25) is 0 Å². The lowest BCUT2D eigenvalue weighted by atomic mass is 10.1. The van der Waals surface area contributed by atoms with E-state index in [4.69, 9.17) is 0 Å². The van der Waals surface area contributed by atoms with Gasteiger partial charge in [-0.05, 0) is 19.4 Å². The molecule has 1 aromatic carbocycles. The standard InChI is InChI=1S/C17H18N4S/c1-12-5-3-4-6-16(12)17-21-11-15(22-17)10-18-8-14-9-19-13(2)7-20-14/h3-7,9,11,18H,8,10H2,1-2H3. The molecule has 0 saturated carbocycles. The zero-order valence-electron chi connectivity index (χ0n) is 12.7. The molecule has 2 heterocycles. The molecule has 0 aliphatic rings. The van der Waals surface area contributed by atoms with Gasteiger partial charge in [-0.2, -0.15) is 0 Å². The summed E-state index contributed by atoms with van der Waals surface area (Å²) < 4.78 is 0. The van der Waals surface area contributed by atoms with Gasteiger partial charge in [-0.3, -0.25) is 9.97 Å². The molecule has 0 spiro atoms. The molecule has 0 atom stereocenters. The molecule has 1 N–H and O–H groups in total. The molecule has 0 radical (unpaired) electrons. The summed E-state index contributed by atoms with van der Waals surface area (Å²) in [6.07, 6.45) is 5.55. The van der Waals surface area contributed by atoms with Crippen LogP contribution in [0, 0.1) is 13.8 Å². The van der Waals surface area contributed by atoms with Crippen LogP contribution in [0.1, 0.15) is 21.8 Å². The molecule has 112 valence electrons. The number of benzene rings is 1. The van der Waals surface area contributed by atoms with Gasteiger partial charge in [0, 0.05) is 42.1 Å². The molecule has 0 aliphatic heterocycles. The summed E-state index contributed by atoms with van der Waals surface area (Å²) in [7, 11) is 0. The second-order valence-corrected chi connectivity index (χ2v) is 6.31. The number of rotatable bonds is 5. The molecule has 0 amide bonds. The summed E-state index contributed by atoms with van der Waals surface area (Å²) >= 11 is 1.73. The highest BCUT2D eigenvalue weighted by atomic mass is 32.1. The van der Waals surface area contributed by atoms with Crippen LogP contribution in [0.4, 0.5) is 0 Å². The van der Waals surface area contributed by atoms with Crippen molar-refractivity contribution < 1.29 is 0 Å². The maximum Gasteiger partial charge on any atom is 0.123 e. The SMILES string of the molecule is Cc1cnc(CNCc2cnc(-c3ccccc3C)s2)cn1. The Morgan fingerprint density at radius 2 is 1.82 bits per heavy atom. The Morgan fingerprint density at radius 1 is 0.955 bits per heavy atom. The van der Waals surface area contributed by atoms with Gasteiger partial charge in [-0.25, -0.2) is 4.98 Å². The molecule has 5 heteroatoms. The maximum atomic E-state index is 4.54. The Balaban J connectivity index is 1.60. The number of hydrogen-bond donors (Lipinski definition) is 1. The first-order valence-corrected chi connectivity index (χ1v) is 8.03. The summed E-state index contributed by atoms with van der Waals surface area (Å²) in [5.41, 5.74) is 4.36. The van der Waals surface area contributed by atoms with Gasteiger partial charge < -0.3 is 5.32 Å². The number of nitrogens with zero attached hydrogens (tertiary/aromatic N) is 3. The Kier molecular flexibility index (Phi) is 4.56. The minimum absolute atomic E-state index is 0.713. The van der Waals surface area contributed by atoms with Crippen LogP contribution in [0.15, 0.2) is 42.9 Å². The van der Waals surface area contributed by atoms with E-state index < -0.39 is 0 Å². The molecule has 0 fully saturated rings. The summed E-state index contributed by atoms with van der Waals surface area (Å²) in [6.45, 7) is 5.56. The molecule has 3 aromatic rings. The van der Waals surface area contributed by atoms with Crippen LogP contribution in [0.2, 0.25) is 0 Å². The van der Waals surface area contributed by atoms with Crippen LogP contribution in [0.3, 0.4) is 0 Å². The monoisotopic (exact) mass is 310 g/mol. The topological polar surface area (TPSA) is 50.7 Å². The van der Waals surface area contributed by atoms with Crippen LogP contribution in [0.5, 0.6) is 0 Å². The van der Waals surface area contributed by atoms with Crippen molar-refractivity contribution in [2.24, 2.45) is 0 Å². The molecule has 0 unspecified atom stereocenters. The van der Waals surface area contributed by atoms with Crippen molar-refractivity contribution in [2.75, 3.05) is 0 Å². The number of aromatic nitrogens is 3. The summed E-state index contributed by atoms with van der Waals surface area (Å²) in [5.74, 6) is 0. The van der Waals surface area contributed by atoms with Gasteiger partial charge in [0.1, 0.15) is 5.01 Å². The highest BCUT2D eigenvalue weighted by Gasteiger charge is 2.06. The Morgan fingerprint density at radius 3 is 2.59 bits per heavy atom. The first-order chi connectivity index (χ1) is 10.7. The molecule has 0 aliphatic carbocycles. The Hall–Kier alpha value is -2.11. The average molecular weight is 310 g/mol. The van der Waals surface area contributed by atoms with E-state index in [0.717, 1.165) is 22.9 Å². The summed E-state index contributed by atoms with van der Waals surface area (Å²) in [4.78, 5) is 14.3. The second-order valence-electron chi connectivity index (χ2n) is 5.20. The first kappa shape index (κ1) is 14.8. The van der Waals surface area contributed by atoms with E-state index in [1.807, 2.05) is 19.3 Å². The fraction of sp³-hybridized carbons (Fsp3) is 0.235. The zero-order chi connectivity index (χ0) is 15.4. The maximum absolute atomic E-state index is 4.54. The van der Waals surface area contributed by atoms with Crippen LogP contribution in [-0.2, 0) is 13.1 Å². The van der Waals surface area contributed by atoms with Gasteiger partial charge in [0.25, 0.3) is 0 Å². The fourth-order valence-corrected chi connectivity index (χ4v) is 3.12. The van der Waals surface area contributed by atoms with Crippen molar-refractivity contribution in [1.82, 2.24) is 20.3 Å². The predicted octanol–water partition coefficient (Wildman–Crippen LogP) is 3.51. The highest BCUT2D eigenvalue weighted by molar-refractivity contribution is 7.15. The third-order valence-corrected chi connectivity index (χ3v) is 4.40. The smallest absolute Gasteiger partial charge is 0.123 e. The number of thiazole rings is 1. The molecule has 0 bridgehead atoms. The molecule has 2 aromatic heterocycles. The van der Waals surface area contributed by atoms with E-state index in [2.05, 4.69) is 51.5 Å². The van der Waals surface area contributed by atoms with Crippen molar-refractivity contribution in [2.45, 2.75) is 26.9 Å². The minimum atomic E-state index is 0.713. The molecular formula is C17H18N4S. The summed E-state index contributed by atoms with van der Waals surface area (Å²) in [6, 6.07) is 8.34. The van der Waals surface area contributed by atoms with Crippen LogP contribution in [-0.4, -0.2) is 15.0 Å². The van der Waals surface area contributed by atoms with E-state index >= 15 is 0 Å². The van der Waals surface area contributed by atoms with Crippen molar-refractivity contribution >= 4 is 11.3 Å². The molecular weight excluding hydrogens is 292 g/mol. The van der Waals surface area contributed by atoms with Crippen molar-refractivity contribution in [3.63, 3.8) is 0 Å². The highest BCUT2D eigenvalue weighted by Crippen LogP contribution is 2.27. The van der Waals surface area contributed by atoms with Crippen LogP contribution < -0.4 is 5.32 Å². The largest absolute Gasteiger partial charge is 0.306 e. The van der Waals surface area contributed by atoms with Gasteiger partial charge in [-0.1, -0.05) is 24.3 Å². The van der Waals surface area contributed by atoms with E-state index in [1.54, 1.807) is 17.5 Å². The first-order valence-electron chi connectivity index (χ1n) is 7.21. The van der Waals surface area contributed by atoms with E-state index in [9.17, 15) is 0 Å². The second kappa shape index (κ2) is 6.77.